The van der Waals surface area contributed by atoms with Crippen LogP contribution in [-0.4, -0.2) is 47.1 Å². The summed E-state index contributed by atoms with van der Waals surface area (Å²) in [5.74, 6) is -0.418. The van der Waals surface area contributed by atoms with Crippen molar-refractivity contribution in [2.45, 2.75) is 24.3 Å². The molecule has 1 aliphatic rings. The van der Waals surface area contributed by atoms with Gasteiger partial charge in [0.25, 0.3) is 0 Å². The quantitative estimate of drug-likeness (QED) is 0.641. The highest BCUT2D eigenvalue weighted by Crippen LogP contribution is 2.21. The molecule has 28 heavy (non-hydrogen) atoms. The minimum absolute atomic E-state index is 0.0512. The van der Waals surface area contributed by atoms with Crippen LogP contribution in [0.5, 0.6) is 5.75 Å². The zero-order valence-corrected chi connectivity index (χ0v) is 16.0. The van der Waals surface area contributed by atoms with Crippen LogP contribution in [0.1, 0.15) is 18.4 Å². The minimum atomic E-state index is -3.64. The van der Waals surface area contributed by atoms with Crippen LogP contribution >= 0.6 is 0 Å². The highest BCUT2D eigenvalue weighted by molar-refractivity contribution is 7.89. The van der Waals surface area contributed by atoms with Crippen LogP contribution in [0.15, 0.2) is 46.2 Å². The number of hydrogen-bond donors (Lipinski definition) is 0. The molecule has 148 valence electrons. The fourth-order valence-electron chi connectivity index (χ4n) is 3.31. The number of benzene rings is 1. The molecule has 4 rings (SSSR count). The number of rotatable bonds is 5. The van der Waals surface area contributed by atoms with Crippen LogP contribution < -0.4 is 10.4 Å². The van der Waals surface area contributed by atoms with Gasteiger partial charge in [-0.25, -0.2) is 26.7 Å². The molecule has 0 amide bonds. The van der Waals surface area contributed by atoms with Crippen molar-refractivity contribution in [2.75, 3.05) is 20.2 Å². The number of sulfonamides is 1. The van der Waals surface area contributed by atoms with Gasteiger partial charge in [-0.1, -0.05) is 6.07 Å². The molecule has 0 saturated carbocycles. The third-order valence-corrected chi connectivity index (χ3v) is 6.68. The summed E-state index contributed by atoms with van der Waals surface area (Å²) in [6.45, 7) is 1.02. The number of methoxy groups -OCH3 is 1. The van der Waals surface area contributed by atoms with E-state index in [1.807, 2.05) is 0 Å². The molecule has 0 N–H and O–H groups in total. The van der Waals surface area contributed by atoms with Gasteiger partial charge in [0.15, 0.2) is 17.2 Å². The maximum Gasteiger partial charge on any atom is 0.350 e. The Hall–Kier alpha value is -2.72. The smallest absolute Gasteiger partial charge is 0.350 e. The first kappa shape index (κ1) is 18.6. The molecule has 0 spiro atoms. The maximum atomic E-state index is 13.9. The van der Waals surface area contributed by atoms with Gasteiger partial charge >= 0.3 is 5.69 Å². The minimum Gasteiger partial charge on any atom is -0.494 e. The highest BCUT2D eigenvalue weighted by Gasteiger charge is 2.27. The Labute approximate surface area is 160 Å². The van der Waals surface area contributed by atoms with Gasteiger partial charge in [-0.05, 0) is 42.7 Å². The van der Waals surface area contributed by atoms with E-state index in [4.69, 9.17) is 4.74 Å². The third kappa shape index (κ3) is 3.18. The average molecular weight is 406 g/mol. The molecule has 0 atom stereocenters. The summed E-state index contributed by atoms with van der Waals surface area (Å²) in [5, 5.41) is 4.21. The van der Waals surface area contributed by atoms with E-state index < -0.39 is 21.5 Å². The van der Waals surface area contributed by atoms with Crippen molar-refractivity contribution >= 4 is 15.7 Å². The predicted molar refractivity (Wildman–Crippen MR) is 99.5 cm³/mol. The number of pyridine rings is 1. The second-order valence-corrected chi connectivity index (χ2v) is 8.55. The summed E-state index contributed by atoms with van der Waals surface area (Å²) < 4.78 is 48.0. The van der Waals surface area contributed by atoms with Gasteiger partial charge in [0, 0.05) is 19.3 Å². The zero-order chi connectivity index (χ0) is 19.9. The first-order chi connectivity index (χ1) is 13.4. The van der Waals surface area contributed by atoms with E-state index in [1.54, 1.807) is 6.07 Å². The number of nitrogens with zero attached hydrogens (tertiary/aromatic N) is 4. The summed E-state index contributed by atoms with van der Waals surface area (Å²) in [5.41, 5.74) is 0.359. The first-order valence-electron chi connectivity index (χ1n) is 8.82. The summed E-state index contributed by atoms with van der Waals surface area (Å²) in [6.07, 6.45) is 2.96. The molecular weight excluding hydrogens is 387 g/mol. The van der Waals surface area contributed by atoms with Gasteiger partial charge < -0.3 is 4.74 Å². The number of fused-ring (bicyclic) bond motifs is 1. The molecule has 8 nitrogen and oxygen atoms in total. The molecule has 1 saturated heterocycles. The molecule has 1 aromatic carbocycles. The molecule has 0 unspecified atom stereocenters. The fraction of sp³-hybridized carbons (Fsp3) is 0.333. The number of aromatic nitrogens is 3. The predicted octanol–water partition coefficient (Wildman–Crippen LogP) is 1.48. The van der Waals surface area contributed by atoms with Crippen molar-refractivity contribution in [2.24, 2.45) is 0 Å². The van der Waals surface area contributed by atoms with Gasteiger partial charge in [-0.2, -0.15) is 4.31 Å². The SMILES string of the molecule is COc1ccc(Cn2nc3ccc(S(=O)(=O)N4CCCC4)cn3c2=O)cc1F. The largest absolute Gasteiger partial charge is 0.494 e. The Bertz CT molecular complexity index is 1200. The van der Waals surface area contributed by atoms with E-state index >= 15 is 0 Å². The fourth-order valence-corrected chi connectivity index (χ4v) is 4.83. The standard InChI is InChI=1S/C18H19FN4O4S/c1-27-16-6-4-13(10-15(16)19)11-23-18(24)22-12-14(5-7-17(22)20-23)28(25,26)21-8-2-3-9-21/h4-7,10,12H,2-3,8-9,11H2,1H3. The lowest BCUT2D eigenvalue weighted by atomic mass is 10.2. The Kier molecular flexibility index (Phi) is 4.68. The van der Waals surface area contributed by atoms with E-state index in [2.05, 4.69) is 5.10 Å². The molecule has 0 radical (unpaired) electrons. The zero-order valence-electron chi connectivity index (χ0n) is 15.2. The second kappa shape index (κ2) is 7.02. The molecule has 10 heteroatoms. The molecule has 3 aromatic rings. The molecule has 1 aliphatic heterocycles. The van der Waals surface area contributed by atoms with Gasteiger partial charge in [0.2, 0.25) is 10.0 Å². The lowest BCUT2D eigenvalue weighted by Gasteiger charge is -2.15. The van der Waals surface area contributed by atoms with Crippen LogP contribution in [0, 0.1) is 5.82 Å². The lowest BCUT2D eigenvalue weighted by molar-refractivity contribution is 0.386. The van der Waals surface area contributed by atoms with Crippen molar-refractivity contribution in [3.8, 4) is 5.75 Å². The second-order valence-electron chi connectivity index (χ2n) is 6.61. The van der Waals surface area contributed by atoms with E-state index in [0.717, 1.165) is 12.8 Å². The first-order valence-corrected chi connectivity index (χ1v) is 10.3. The van der Waals surface area contributed by atoms with Gasteiger partial charge in [0.1, 0.15) is 0 Å². The number of hydrogen-bond acceptors (Lipinski definition) is 5. The summed E-state index contributed by atoms with van der Waals surface area (Å²) in [7, 11) is -2.26. The maximum absolute atomic E-state index is 13.9. The van der Waals surface area contributed by atoms with Gasteiger partial charge in [-0.3, -0.25) is 0 Å². The Morgan fingerprint density at radius 3 is 2.61 bits per heavy atom. The van der Waals surface area contributed by atoms with E-state index in [0.29, 0.717) is 24.3 Å². The van der Waals surface area contributed by atoms with E-state index in [9.17, 15) is 17.6 Å². The van der Waals surface area contributed by atoms with Gasteiger partial charge in [-0.15, -0.1) is 5.10 Å². The van der Waals surface area contributed by atoms with Crippen molar-refractivity contribution < 1.29 is 17.5 Å². The number of halogens is 1. The number of ether oxygens (including phenoxy) is 1. The van der Waals surface area contributed by atoms with Crippen molar-refractivity contribution in [3.63, 3.8) is 0 Å². The van der Waals surface area contributed by atoms with Crippen molar-refractivity contribution in [1.29, 1.82) is 0 Å². The molecule has 1 fully saturated rings. The van der Waals surface area contributed by atoms with Crippen LogP contribution in [0.3, 0.4) is 0 Å². The molecular formula is C18H19FN4O4S. The monoisotopic (exact) mass is 406 g/mol. The summed E-state index contributed by atoms with van der Waals surface area (Å²) in [4.78, 5) is 12.7. The van der Waals surface area contributed by atoms with Crippen LogP contribution in [-0.2, 0) is 16.6 Å². The molecule has 3 heterocycles. The van der Waals surface area contributed by atoms with Crippen LogP contribution in [0.4, 0.5) is 4.39 Å². The highest BCUT2D eigenvalue weighted by atomic mass is 32.2. The van der Waals surface area contributed by atoms with Crippen LogP contribution in [0.2, 0.25) is 0 Å². The van der Waals surface area contributed by atoms with Crippen LogP contribution in [0.25, 0.3) is 5.65 Å². The lowest BCUT2D eigenvalue weighted by Crippen LogP contribution is -2.28. The van der Waals surface area contributed by atoms with Crippen molar-refractivity contribution in [1.82, 2.24) is 18.5 Å². The summed E-state index contributed by atoms with van der Waals surface area (Å²) >= 11 is 0. The summed E-state index contributed by atoms with van der Waals surface area (Å²) in [6, 6.07) is 7.34. The Balaban J connectivity index is 1.69. The molecule has 0 aliphatic carbocycles. The molecule has 2 aromatic heterocycles. The van der Waals surface area contributed by atoms with E-state index in [-0.39, 0.29) is 17.2 Å². The molecule has 0 bridgehead atoms. The van der Waals surface area contributed by atoms with Crippen molar-refractivity contribution in [3.05, 3.63) is 58.4 Å². The average Bonchev–Trinajstić information content (AvgIpc) is 3.32. The topological polar surface area (TPSA) is 85.9 Å². The van der Waals surface area contributed by atoms with Gasteiger partial charge in [0.05, 0.1) is 18.6 Å². The third-order valence-electron chi connectivity index (χ3n) is 4.80. The van der Waals surface area contributed by atoms with E-state index in [1.165, 1.54) is 51.0 Å². The Morgan fingerprint density at radius 1 is 1.18 bits per heavy atom. The Morgan fingerprint density at radius 2 is 1.93 bits per heavy atom. The normalized spacial score (nSPS) is 15.4.